The molecule has 0 aliphatic carbocycles. The number of aromatic hydroxyl groups is 1. The summed E-state index contributed by atoms with van der Waals surface area (Å²) < 4.78 is 5.38. The van der Waals surface area contributed by atoms with E-state index in [4.69, 9.17) is 4.42 Å². The summed E-state index contributed by atoms with van der Waals surface area (Å²) in [5.41, 5.74) is 3.24. The lowest BCUT2D eigenvalue weighted by molar-refractivity contribution is -0.132. The minimum atomic E-state index is -0.164. The predicted molar refractivity (Wildman–Crippen MR) is 111 cm³/mol. The topological polar surface area (TPSA) is 70.8 Å². The Balaban J connectivity index is 1.71. The van der Waals surface area contributed by atoms with E-state index in [0.717, 1.165) is 11.1 Å². The van der Waals surface area contributed by atoms with Crippen LogP contribution in [0.2, 0.25) is 0 Å². The molecule has 3 aromatic rings. The van der Waals surface area contributed by atoms with Gasteiger partial charge in [0.1, 0.15) is 11.5 Å². The SMILES string of the molecule is Cc1ccc(C)c(C(=O)CCC(=O)N(Cc2ccco2)Cc2ccccc2O)c1. The Kier molecular flexibility index (Phi) is 6.50. The van der Waals surface area contributed by atoms with Crippen molar-refractivity contribution in [1.82, 2.24) is 4.90 Å². The summed E-state index contributed by atoms with van der Waals surface area (Å²) in [7, 11) is 0. The Morgan fingerprint density at radius 1 is 0.966 bits per heavy atom. The molecule has 29 heavy (non-hydrogen) atoms. The molecule has 1 amide bonds. The molecule has 3 rings (SSSR count). The molecule has 0 aliphatic rings. The lowest BCUT2D eigenvalue weighted by atomic mass is 9.99. The molecule has 0 saturated heterocycles. The van der Waals surface area contributed by atoms with Crippen LogP contribution in [0.1, 0.15) is 45.7 Å². The summed E-state index contributed by atoms with van der Waals surface area (Å²) in [6, 6.07) is 16.2. The number of phenols is 1. The van der Waals surface area contributed by atoms with Gasteiger partial charge in [-0.2, -0.15) is 0 Å². The number of hydrogen-bond acceptors (Lipinski definition) is 4. The Morgan fingerprint density at radius 3 is 2.48 bits per heavy atom. The van der Waals surface area contributed by atoms with Crippen molar-refractivity contribution in [3.63, 3.8) is 0 Å². The predicted octanol–water partition coefficient (Wildman–Crippen LogP) is 4.79. The Morgan fingerprint density at radius 2 is 1.76 bits per heavy atom. The maximum absolute atomic E-state index is 12.9. The van der Waals surface area contributed by atoms with E-state index >= 15 is 0 Å². The highest BCUT2D eigenvalue weighted by Crippen LogP contribution is 2.21. The molecule has 0 spiro atoms. The maximum Gasteiger partial charge on any atom is 0.223 e. The number of carbonyl (C=O) groups excluding carboxylic acids is 2. The standard InChI is InChI=1S/C24H25NO4/c1-17-9-10-18(2)21(14-17)23(27)11-12-24(28)25(16-20-7-5-13-29-20)15-19-6-3-4-8-22(19)26/h3-10,13-14,26H,11-12,15-16H2,1-2H3. The number of benzene rings is 2. The molecule has 0 radical (unpaired) electrons. The smallest absolute Gasteiger partial charge is 0.223 e. The lowest BCUT2D eigenvalue weighted by Gasteiger charge is -2.22. The number of hydrogen-bond donors (Lipinski definition) is 1. The molecular weight excluding hydrogens is 366 g/mol. The third kappa shape index (κ3) is 5.35. The van der Waals surface area contributed by atoms with Crippen molar-refractivity contribution in [3.05, 3.63) is 88.9 Å². The minimum absolute atomic E-state index is 0.0416. The first-order valence-electron chi connectivity index (χ1n) is 9.61. The van der Waals surface area contributed by atoms with Crippen molar-refractivity contribution < 1.29 is 19.1 Å². The fourth-order valence-electron chi connectivity index (χ4n) is 3.22. The van der Waals surface area contributed by atoms with Crippen LogP contribution in [0.15, 0.2) is 65.3 Å². The van der Waals surface area contributed by atoms with E-state index < -0.39 is 0 Å². The van der Waals surface area contributed by atoms with Crippen LogP contribution in [0.4, 0.5) is 0 Å². The first-order valence-corrected chi connectivity index (χ1v) is 9.61. The quantitative estimate of drug-likeness (QED) is 0.560. The zero-order valence-corrected chi connectivity index (χ0v) is 16.7. The molecular formula is C24H25NO4. The molecule has 2 aromatic carbocycles. The van der Waals surface area contributed by atoms with Gasteiger partial charge in [-0.05, 0) is 43.7 Å². The van der Waals surface area contributed by atoms with Crippen molar-refractivity contribution >= 4 is 11.7 Å². The number of furan rings is 1. The summed E-state index contributed by atoms with van der Waals surface area (Å²) in [5, 5.41) is 10.1. The summed E-state index contributed by atoms with van der Waals surface area (Å²) in [6.07, 6.45) is 1.79. The maximum atomic E-state index is 12.9. The van der Waals surface area contributed by atoms with Gasteiger partial charge in [0.2, 0.25) is 5.91 Å². The van der Waals surface area contributed by atoms with Gasteiger partial charge in [-0.3, -0.25) is 9.59 Å². The summed E-state index contributed by atoms with van der Waals surface area (Å²) >= 11 is 0. The molecule has 5 nitrogen and oxygen atoms in total. The average molecular weight is 391 g/mol. The molecule has 0 atom stereocenters. The largest absolute Gasteiger partial charge is 0.508 e. The van der Waals surface area contributed by atoms with Gasteiger partial charge < -0.3 is 14.4 Å². The van der Waals surface area contributed by atoms with Crippen molar-refractivity contribution in [3.8, 4) is 5.75 Å². The molecule has 0 saturated carbocycles. The van der Waals surface area contributed by atoms with Crippen LogP contribution in [-0.2, 0) is 17.9 Å². The van der Waals surface area contributed by atoms with Gasteiger partial charge in [-0.25, -0.2) is 0 Å². The fraction of sp³-hybridized carbons (Fsp3) is 0.250. The van der Waals surface area contributed by atoms with Crippen molar-refractivity contribution in [2.45, 2.75) is 39.8 Å². The summed E-state index contributed by atoms with van der Waals surface area (Å²) in [6.45, 7) is 4.36. The zero-order chi connectivity index (χ0) is 20.8. The first-order chi connectivity index (χ1) is 13.9. The van der Waals surface area contributed by atoms with Crippen molar-refractivity contribution in [2.75, 3.05) is 0 Å². The van der Waals surface area contributed by atoms with Crippen molar-refractivity contribution in [1.29, 1.82) is 0 Å². The van der Waals surface area contributed by atoms with Crippen LogP contribution < -0.4 is 0 Å². The monoisotopic (exact) mass is 391 g/mol. The second-order valence-corrected chi connectivity index (χ2v) is 7.20. The highest BCUT2D eigenvalue weighted by molar-refractivity contribution is 5.99. The van der Waals surface area contributed by atoms with Gasteiger partial charge in [-0.15, -0.1) is 0 Å². The van der Waals surface area contributed by atoms with E-state index in [-0.39, 0.29) is 43.4 Å². The van der Waals surface area contributed by atoms with E-state index in [9.17, 15) is 14.7 Å². The normalized spacial score (nSPS) is 10.7. The number of aryl methyl sites for hydroxylation is 2. The number of ketones is 1. The molecule has 0 fully saturated rings. The van der Waals surface area contributed by atoms with E-state index in [1.54, 1.807) is 41.5 Å². The van der Waals surface area contributed by atoms with Crippen LogP contribution in [0.3, 0.4) is 0 Å². The third-order valence-corrected chi connectivity index (χ3v) is 4.89. The molecule has 0 bridgehead atoms. The number of rotatable bonds is 8. The lowest BCUT2D eigenvalue weighted by Crippen LogP contribution is -2.30. The number of nitrogens with zero attached hydrogens (tertiary/aromatic N) is 1. The highest BCUT2D eigenvalue weighted by Gasteiger charge is 2.19. The van der Waals surface area contributed by atoms with Crippen LogP contribution in [0.25, 0.3) is 0 Å². The zero-order valence-electron chi connectivity index (χ0n) is 16.7. The van der Waals surface area contributed by atoms with Gasteiger partial charge in [0.15, 0.2) is 5.78 Å². The molecule has 1 aromatic heterocycles. The van der Waals surface area contributed by atoms with Crippen molar-refractivity contribution in [2.24, 2.45) is 0 Å². The van der Waals surface area contributed by atoms with Gasteiger partial charge in [-0.1, -0.05) is 35.9 Å². The molecule has 0 unspecified atom stereocenters. The second kappa shape index (κ2) is 9.24. The van der Waals surface area contributed by atoms with Crippen LogP contribution in [0.5, 0.6) is 5.75 Å². The molecule has 1 N–H and O–H groups in total. The van der Waals surface area contributed by atoms with E-state index in [0.29, 0.717) is 16.9 Å². The molecule has 0 aliphatic heterocycles. The van der Waals surface area contributed by atoms with E-state index in [1.165, 1.54) is 0 Å². The number of para-hydroxylation sites is 1. The van der Waals surface area contributed by atoms with Crippen LogP contribution in [0, 0.1) is 13.8 Å². The third-order valence-electron chi connectivity index (χ3n) is 4.89. The summed E-state index contributed by atoms with van der Waals surface area (Å²) in [5.74, 6) is 0.578. The summed E-state index contributed by atoms with van der Waals surface area (Å²) in [4.78, 5) is 27.2. The number of carbonyl (C=O) groups is 2. The van der Waals surface area contributed by atoms with Gasteiger partial charge in [0, 0.05) is 30.5 Å². The second-order valence-electron chi connectivity index (χ2n) is 7.20. The number of Topliss-reactive ketones (excluding diaryl/α,β-unsaturated/α-hetero) is 1. The first kappa shape index (κ1) is 20.4. The van der Waals surface area contributed by atoms with Gasteiger partial charge >= 0.3 is 0 Å². The minimum Gasteiger partial charge on any atom is -0.508 e. The highest BCUT2D eigenvalue weighted by atomic mass is 16.3. The Bertz CT molecular complexity index is 992. The van der Waals surface area contributed by atoms with Crippen LogP contribution in [-0.4, -0.2) is 21.7 Å². The number of phenolic OH excluding ortho intramolecular Hbond substituents is 1. The van der Waals surface area contributed by atoms with E-state index in [2.05, 4.69) is 0 Å². The van der Waals surface area contributed by atoms with Gasteiger partial charge in [0.25, 0.3) is 0 Å². The average Bonchev–Trinajstić information content (AvgIpc) is 3.22. The number of amides is 1. The van der Waals surface area contributed by atoms with Crippen LogP contribution >= 0.6 is 0 Å². The fourth-order valence-corrected chi connectivity index (χ4v) is 3.22. The Hall–Kier alpha value is -3.34. The molecule has 150 valence electrons. The Labute approximate surface area is 170 Å². The van der Waals surface area contributed by atoms with Gasteiger partial charge in [0.05, 0.1) is 12.8 Å². The molecule has 1 heterocycles. The van der Waals surface area contributed by atoms with E-state index in [1.807, 2.05) is 38.1 Å². The molecule has 5 heteroatoms.